The van der Waals surface area contributed by atoms with Crippen molar-refractivity contribution in [2.24, 2.45) is 0 Å². The molecule has 5 heteroatoms. The number of aryl methyl sites for hydroxylation is 1. The summed E-state index contributed by atoms with van der Waals surface area (Å²) < 4.78 is 10.9. The van der Waals surface area contributed by atoms with E-state index in [9.17, 15) is 0 Å². The lowest BCUT2D eigenvalue weighted by Gasteiger charge is -2.12. The molecule has 0 aliphatic heterocycles. The Morgan fingerprint density at radius 3 is 2.75 bits per heavy atom. The number of hydrogen-bond acceptors (Lipinski definition) is 5. The zero-order chi connectivity index (χ0) is 14.5. The molecule has 0 bridgehead atoms. The second-order valence-electron chi connectivity index (χ2n) is 4.17. The molecule has 0 atom stereocenters. The Bertz CT molecular complexity index is 663. The monoisotopic (exact) mass is 270 g/mol. The molecule has 0 saturated heterocycles. The highest BCUT2D eigenvalue weighted by molar-refractivity contribution is 5.49. The number of aromatic nitrogens is 1. The van der Waals surface area contributed by atoms with Crippen LogP contribution in [0.1, 0.15) is 16.7 Å². The number of aliphatic hydroxyl groups is 1. The summed E-state index contributed by atoms with van der Waals surface area (Å²) in [6.07, 6.45) is 1.58. The summed E-state index contributed by atoms with van der Waals surface area (Å²) >= 11 is 0. The van der Waals surface area contributed by atoms with Crippen LogP contribution in [-0.4, -0.2) is 17.2 Å². The number of ether oxygens (including phenoxy) is 2. The van der Waals surface area contributed by atoms with E-state index in [4.69, 9.17) is 19.8 Å². The van der Waals surface area contributed by atoms with Crippen molar-refractivity contribution in [3.63, 3.8) is 0 Å². The minimum atomic E-state index is -0.0806. The molecule has 2 aromatic rings. The van der Waals surface area contributed by atoms with Crippen molar-refractivity contribution in [1.82, 2.24) is 4.98 Å². The van der Waals surface area contributed by atoms with Crippen molar-refractivity contribution in [3.05, 3.63) is 47.2 Å². The van der Waals surface area contributed by atoms with Gasteiger partial charge in [0, 0.05) is 6.20 Å². The van der Waals surface area contributed by atoms with E-state index < -0.39 is 0 Å². The molecule has 0 fully saturated rings. The Labute approximate surface area is 117 Å². The zero-order valence-electron chi connectivity index (χ0n) is 11.3. The summed E-state index contributed by atoms with van der Waals surface area (Å²) in [5, 5.41) is 18.3. The maximum atomic E-state index is 9.15. The SMILES string of the molecule is COc1cc(CO)ccc1Oc1nccc(C)c1C#N. The number of rotatable bonds is 4. The molecule has 2 rings (SSSR count). The number of nitriles is 1. The highest BCUT2D eigenvalue weighted by Gasteiger charge is 2.12. The third-order valence-corrected chi connectivity index (χ3v) is 2.85. The lowest BCUT2D eigenvalue weighted by molar-refractivity contribution is 0.280. The maximum Gasteiger partial charge on any atom is 0.237 e. The molecule has 1 N–H and O–H groups in total. The summed E-state index contributed by atoms with van der Waals surface area (Å²) in [5.74, 6) is 1.16. The lowest BCUT2D eigenvalue weighted by atomic mass is 10.2. The molecule has 0 unspecified atom stereocenters. The molecule has 1 aromatic carbocycles. The first-order valence-corrected chi connectivity index (χ1v) is 6.01. The van der Waals surface area contributed by atoms with Gasteiger partial charge in [0.05, 0.1) is 13.7 Å². The maximum absolute atomic E-state index is 9.15. The van der Waals surface area contributed by atoms with Gasteiger partial charge in [-0.2, -0.15) is 5.26 Å². The quantitative estimate of drug-likeness (QED) is 0.924. The highest BCUT2D eigenvalue weighted by atomic mass is 16.5. The fraction of sp³-hybridized carbons (Fsp3) is 0.200. The molecule has 1 aromatic heterocycles. The van der Waals surface area contributed by atoms with E-state index in [0.29, 0.717) is 22.6 Å². The number of pyridine rings is 1. The average molecular weight is 270 g/mol. The molecule has 20 heavy (non-hydrogen) atoms. The average Bonchev–Trinajstić information content (AvgIpc) is 2.48. The van der Waals surface area contributed by atoms with Crippen LogP contribution in [0.15, 0.2) is 30.5 Å². The third-order valence-electron chi connectivity index (χ3n) is 2.85. The van der Waals surface area contributed by atoms with Crippen LogP contribution in [0.2, 0.25) is 0 Å². The fourth-order valence-corrected chi connectivity index (χ4v) is 1.75. The summed E-state index contributed by atoms with van der Waals surface area (Å²) in [4.78, 5) is 4.07. The van der Waals surface area contributed by atoms with Gasteiger partial charge < -0.3 is 14.6 Å². The Morgan fingerprint density at radius 2 is 2.10 bits per heavy atom. The van der Waals surface area contributed by atoms with Gasteiger partial charge in [-0.3, -0.25) is 0 Å². The molecule has 102 valence electrons. The summed E-state index contributed by atoms with van der Waals surface area (Å²) in [5.41, 5.74) is 1.90. The van der Waals surface area contributed by atoms with Crippen LogP contribution < -0.4 is 9.47 Å². The van der Waals surface area contributed by atoms with Crippen molar-refractivity contribution < 1.29 is 14.6 Å². The van der Waals surface area contributed by atoms with Crippen molar-refractivity contribution in [2.45, 2.75) is 13.5 Å². The smallest absolute Gasteiger partial charge is 0.237 e. The van der Waals surface area contributed by atoms with Crippen LogP contribution >= 0.6 is 0 Å². The number of aliphatic hydroxyl groups excluding tert-OH is 1. The van der Waals surface area contributed by atoms with Crippen LogP contribution in [-0.2, 0) is 6.61 Å². The van der Waals surface area contributed by atoms with E-state index >= 15 is 0 Å². The van der Waals surface area contributed by atoms with Crippen molar-refractivity contribution in [1.29, 1.82) is 5.26 Å². The fourth-order valence-electron chi connectivity index (χ4n) is 1.75. The van der Waals surface area contributed by atoms with Crippen LogP contribution in [0.4, 0.5) is 0 Å². The lowest BCUT2D eigenvalue weighted by Crippen LogP contribution is -1.97. The third kappa shape index (κ3) is 2.71. The molecular formula is C15H14N2O3. The van der Waals surface area contributed by atoms with Crippen LogP contribution in [0.25, 0.3) is 0 Å². The molecule has 0 amide bonds. The van der Waals surface area contributed by atoms with Gasteiger partial charge in [0.15, 0.2) is 11.5 Å². The van der Waals surface area contributed by atoms with Gasteiger partial charge in [0.25, 0.3) is 0 Å². The molecule has 0 spiro atoms. The minimum Gasteiger partial charge on any atom is -0.493 e. The molecule has 1 heterocycles. The van der Waals surface area contributed by atoms with E-state index in [1.807, 2.05) is 6.92 Å². The van der Waals surface area contributed by atoms with E-state index in [1.54, 1.807) is 30.5 Å². The Kier molecular flexibility index (Phi) is 4.18. The normalized spacial score (nSPS) is 9.90. The second-order valence-corrected chi connectivity index (χ2v) is 4.17. The van der Waals surface area contributed by atoms with Crippen molar-refractivity contribution in [2.75, 3.05) is 7.11 Å². The first-order chi connectivity index (χ1) is 9.69. The van der Waals surface area contributed by atoms with Crippen LogP contribution in [0.3, 0.4) is 0 Å². The van der Waals surface area contributed by atoms with Gasteiger partial charge in [0.1, 0.15) is 11.6 Å². The van der Waals surface area contributed by atoms with Crippen LogP contribution in [0, 0.1) is 18.3 Å². The summed E-state index contributed by atoms with van der Waals surface area (Å²) in [7, 11) is 1.51. The van der Waals surface area contributed by atoms with Gasteiger partial charge >= 0.3 is 0 Å². The molecule has 0 aliphatic rings. The zero-order valence-corrected chi connectivity index (χ0v) is 11.3. The standard InChI is InChI=1S/C15H14N2O3/c1-10-5-6-17-15(12(10)8-16)20-13-4-3-11(9-18)7-14(13)19-2/h3-7,18H,9H2,1-2H3. The Morgan fingerprint density at radius 1 is 1.30 bits per heavy atom. The Hall–Kier alpha value is -2.58. The van der Waals surface area contributed by atoms with Gasteiger partial charge in [-0.1, -0.05) is 6.07 Å². The second kappa shape index (κ2) is 6.04. The van der Waals surface area contributed by atoms with E-state index in [-0.39, 0.29) is 12.5 Å². The molecule has 0 saturated carbocycles. The largest absolute Gasteiger partial charge is 0.493 e. The molecular weight excluding hydrogens is 256 g/mol. The molecule has 0 aliphatic carbocycles. The van der Waals surface area contributed by atoms with Crippen LogP contribution in [0.5, 0.6) is 17.4 Å². The van der Waals surface area contributed by atoms with Gasteiger partial charge in [-0.15, -0.1) is 0 Å². The van der Waals surface area contributed by atoms with Gasteiger partial charge in [0.2, 0.25) is 5.88 Å². The first kappa shape index (κ1) is 13.8. The number of methoxy groups -OCH3 is 1. The Balaban J connectivity index is 2.40. The summed E-state index contributed by atoms with van der Waals surface area (Å²) in [6.45, 7) is 1.74. The number of benzene rings is 1. The van der Waals surface area contributed by atoms with Gasteiger partial charge in [-0.05, 0) is 36.2 Å². The topological polar surface area (TPSA) is 75.4 Å². The number of nitrogens with zero attached hydrogens (tertiary/aromatic N) is 2. The number of hydrogen-bond donors (Lipinski definition) is 1. The summed E-state index contributed by atoms with van der Waals surface area (Å²) in [6, 6.07) is 8.90. The van der Waals surface area contributed by atoms with Crippen molar-refractivity contribution in [3.8, 4) is 23.4 Å². The first-order valence-electron chi connectivity index (χ1n) is 6.01. The van der Waals surface area contributed by atoms with Gasteiger partial charge in [-0.25, -0.2) is 4.98 Å². The van der Waals surface area contributed by atoms with E-state index in [1.165, 1.54) is 7.11 Å². The molecule has 5 nitrogen and oxygen atoms in total. The predicted molar refractivity (Wildman–Crippen MR) is 72.7 cm³/mol. The van der Waals surface area contributed by atoms with E-state index in [0.717, 1.165) is 5.56 Å². The van der Waals surface area contributed by atoms with Crippen molar-refractivity contribution >= 4 is 0 Å². The van der Waals surface area contributed by atoms with E-state index in [2.05, 4.69) is 11.1 Å². The highest BCUT2D eigenvalue weighted by Crippen LogP contribution is 2.33. The molecule has 0 radical (unpaired) electrons. The minimum absolute atomic E-state index is 0.0806. The predicted octanol–water partition coefficient (Wildman–Crippen LogP) is 2.55.